The van der Waals surface area contributed by atoms with Gasteiger partial charge in [-0.25, -0.2) is 9.18 Å². The highest BCUT2D eigenvalue weighted by atomic mass is 19.1. The summed E-state index contributed by atoms with van der Waals surface area (Å²) in [6.45, 7) is 3.05. The van der Waals surface area contributed by atoms with E-state index in [1.165, 1.54) is 18.2 Å². The summed E-state index contributed by atoms with van der Waals surface area (Å²) >= 11 is 0. The van der Waals surface area contributed by atoms with Gasteiger partial charge in [0, 0.05) is 0 Å². The number of aryl methyl sites for hydroxylation is 1. The number of rotatable bonds is 6. The monoisotopic (exact) mass is 372 g/mol. The van der Waals surface area contributed by atoms with Gasteiger partial charge in [0.05, 0.1) is 6.54 Å². The molecule has 2 N–H and O–H groups in total. The molecule has 1 saturated heterocycles. The Morgan fingerprint density at radius 3 is 2.52 bits per heavy atom. The van der Waals surface area contributed by atoms with E-state index in [9.17, 15) is 19.1 Å². The van der Waals surface area contributed by atoms with E-state index < -0.39 is 29.4 Å². The van der Waals surface area contributed by atoms with Crippen LogP contribution in [0.4, 0.5) is 9.18 Å². The van der Waals surface area contributed by atoms with Crippen molar-refractivity contribution in [3.05, 3.63) is 65.5 Å². The molecular formula is C20H21FN2O4. The number of carbonyl (C=O) groups is 2. The lowest BCUT2D eigenvalue weighted by Gasteiger charge is -2.23. The fourth-order valence-electron chi connectivity index (χ4n) is 2.96. The van der Waals surface area contributed by atoms with Crippen LogP contribution < -0.4 is 10.1 Å². The lowest BCUT2D eigenvalue weighted by atomic mass is 9.91. The van der Waals surface area contributed by atoms with Crippen LogP contribution in [-0.4, -0.2) is 41.2 Å². The fraction of sp³-hybridized carbons (Fsp3) is 0.300. The number of amides is 3. The van der Waals surface area contributed by atoms with Gasteiger partial charge in [-0.3, -0.25) is 9.69 Å². The second kappa shape index (κ2) is 7.36. The summed E-state index contributed by atoms with van der Waals surface area (Å²) in [6, 6.07) is 12.5. The molecule has 0 radical (unpaired) electrons. The van der Waals surface area contributed by atoms with Crippen LogP contribution in [0.5, 0.6) is 5.75 Å². The standard InChI is InChI=1S/C20H21FN2O4/c1-13-7-9-14(10-8-13)20(2)18(25)23(19(26)22-20)11-15(24)12-27-17-6-4-3-5-16(17)21/h3-10,15,24H,11-12H2,1-2H3,(H,22,26)/t15-,20-/m0/s1. The first-order chi connectivity index (χ1) is 12.8. The third-order valence-electron chi connectivity index (χ3n) is 4.57. The third kappa shape index (κ3) is 3.78. The number of aliphatic hydroxyl groups excluding tert-OH is 1. The van der Waals surface area contributed by atoms with Crippen molar-refractivity contribution < 1.29 is 23.8 Å². The van der Waals surface area contributed by atoms with Gasteiger partial charge in [0.2, 0.25) is 0 Å². The summed E-state index contributed by atoms with van der Waals surface area (Å²) in [5.74, 6) is -1.01. The van der Waals surface area contributed by atoms with Crippen molar-refractivity contribution in [2.24, 2.45) is 0 Å². The minimum absolute atomic E-state index is 0.00163. The van der Waals surface area contributed by atoms with Gasteiger partial charge in [0.25, 0.3) is 5.91 Å². The molecule has 2 atom stereocenters. The van der Waals surface area contributed by atoms with Crippen molar-refractivity contribution >= 4 is 11.9 Å². The normalized spacial score (nSPS) is 20.5. The Morgan fingerprint density at radius 2 is 1.85 bits per heavy atom. The molecule has 6 nitrogen and oxygen atoms in total. The molecule has 3 rings (SSSR count). The summed E-state index contributed by atoms with van der Waals surface area (Å²) in [6.07, 6.45) is -1.15. The van der Waals surface area contributed by atoms with Gasteiger partial charge in [-0.05, 0) is 31.5 Å². The second-order valence-corrected chi connectivity index (χ2v) is 6.73. The van der Waals surface area contributed by atoms with E-state index in [0.717, 1.165) is 10.5 Å². The maximum atomic E-state index is 13.6. The molecule has 142 valence electrons. The molecule has 2 aromatic rings. The predicted octanol–water partition coefficient (Wildman–Crippen LogP) is 2.34. The van der Waals surface area contributed by atoms with Gasteiger partial charge in [-0.1, -0.05) is 42.0 Å². The average Bonchev–Trinajstić information content (AvgIpc) is 2.85. The van der Waals surface area contributed by atoms with E-state index in [1.807, 2.05) is 19.1 Å². The largest absolute Gasteiger partial charge is 0.488 e. The first-order valence-corrected chi connectivity index (χ1v) is 8.58. The number of nitrogens with one attached hydrogen (secondary N) is 1. The summed E-state index contributed by atoms with van der Waals surface area (Å²) < 4.78 is 18.8. The predicted molar refractivity (Wildman–Crippen MR) is 96.7 cm³/mol. The molecule has 27 heavy (non-hydrogen) atoms. The van der Waals surface area contributed by atoms with E-state index in [-0.39, 0.29) is 18.9 Å². The smallest absolute Gasteiger partial charge is 0.325 e. The highest BCUT2D eigenvalue weighted by molar-refractivity contribution is 6.07. The number of β-amino-alcohol motifs (C(OH)–C–C–N with tert-alkyl or cyclic N) is 1. The number of imide groups is 1. The van der Waals surface area contributed by atoms with Crippen LogP contribution in [0, 0.1) is 12.7 Å². The Labute approximate surface area is 156 Å². The Hall–Kier alpha value is -2.93. The van der Waals surface area contributed by atoms with Crippen LogP contribution in [0.25, 0.3) is 0 Å². The van der Waals surface area contributed by atoms with Gasteiger partial charge in [0.1, 0.15) is 18.2 Å². The SMILES string of the molecule is Cc1ccc([C@]2(C)NC(=O)N(C[C@H](O)COc3ccccc3F)C2=O)cc1. The Bertz CT molecular complexity index is 855. The van der Waals surface area contributed by atoms with Crippen LogP contribution in [0.15, 0.2) is 48.5 Å². The fourth-order valence-corrected chi connectivity index (χ4v) is 2.96. The molecule has 1 fully saturated rings. The van der Waals surface area contributed by atoms with E-state index in [2.05, 4.69) is 5.32 Å². The first kappa shape index (κ1) is 18.8. The number of aliphatic hydroxyl groups is 1. The number of hydrogen-bond donors (Lipinski definition) is 2. The number of hydrogen-bond acceptors (Lipinski definition) is 4. The summed E-state index contributed by atoms with van der Waals surface area (Å²) in [5, 5.41) is 12.8. The Kier molecular flexibility index (Phi) is 5.14. The van der Waals surface area contributed by atoms with Gasteiger partial charge < -0.3 is 15.2 Å². The zero-order chi connectivity index (χ0) is 19.6. The summed E-state index contributed by atoms with van der Waals surface area (Å²) in [5.41, 5.74) is 0.499. The van der Waals surface area contributed by atoms with Crippen LogP contribution in [0.1, 0.15) is 18.1 Å². The molecule has 0 saturated carbocycles. The molecule has 0 unspecified atom stereocenters. The van der Waals surface area contributed by atoms with E-state index in [4.69, 9.17) is 4.74 Å². The molecule has 1 aliphatic heterocycles. The summed E-state index contributed by atoms with van der Waals surface area (Å²) in [4.78, 5) is 26.1. The molecule has 3 amide bonds. The first-order valence-electron chi connectivity index (χ1n) is 8.58. The number of benzene rings is 2. The van der Waals surface area contributed by atoms with Crippen molar-refractivity contribution in [2.45, 2.75) is 25.5 Å². The van der Waals surface area contributed by atoms with Gasteiger partial charge >= 0.3 is 6.03 Å². The highest BCUT2D eigenvalue weighted by Gasteiger charge is 2.49. The van der Waals surface area contributed by atoms with Gasteiger partial charge in [-0.15, -0.1) is 0 Å². The lowest BCUT2D eigenvalue weighted by molar-refractivity contribution is -0.132. The minimum atomic E-state index is -1.20. The molecule has 0 spiro atoms. The van der Waals surface area contributed by atoms with E-state index >= 15 is 0 Å². The Balaban J connectivity index is 1.66. The molecule has 0 aromatic heterocycles. The van der Waals surface area contributed by atoms with Crippen molar-refractivity contribution in [2.75, 3.05) is 13.2 Å². The number of urea groups is 1. The van der Waals surface area contributed by atoms with Crippen molar-refractivity contribution in [3.8, 4) is 5.75 Å². The minimum Gasteiger partial charge on any atom is -0.488 e. The van der Waals surface area contributed by atoms with Crippen molar-refractivity contribution in [1.82, 2.24) is 10.2 Å². The third-order valence-corrected chi connectivity index (χ3v) is 4.57. The zero-order valence-corrected chi connectivity index (χ0v) is 15.1. The molecular weight excluding hydrogens is 351 g/mol. The molecule has 0 bridgehead atoms. The highest BCUT2D eigenvalue weighted by Crippen LogP contribution is 2.29. The number of ether oxygens (including phenoxy) is 1. The molecule has 1 aliphatic rings. The van der Waals surface area contributed by atoms with Crippen molar-refractivity contribution in [1.29, 1.82) is 0 Å². The lowest BCUT2D eigenvalue weighted by Crippen LogP contribution is -2.42. The zero-order valence-electron chi connectivity index (χ0n) is 15.1. The van der Waals surface area contributed by atoms with Crippen LogP contribution >= 0.6 is 0 Å². The molecule has 7 heteroatoms. The molecule has 0 aliphatic carbocycles. The van der Waals surface area contributed by atoms with Crippen LogP contribution in [-0.2, 0) is 10.3 Å². The quantitative estimate of drug-likeness (QED) is 0.763. The summed E-state index contributed by atoms with van der Waals surface area (Å²) in [7, 11) is 0. The number of halogens is 1. The number of para-hydroxylation sites is 1. The average molecular weight is 372 g/mol. The maximum Gasteiger partial charge on any atom is 0.325 e. The Morgan fingerprint density at radius 1 is 1.19 bits per heavy atom. The topological polar surface area (TPSA) is 78.9 Å². The van der Waals surface area contributed by atoms with E-state index in [1.54, 1.807) is 25.1 Å². The van der Waals surface area contributed by atoms with Crippen LogP contribution in [0.3, 0.4) is 0 Å². The second-order valence-electron chi connectivity index (χ2n) is 6.73. The van der Waals surface area contributed by atoms with Crippen LogP contribution in [0.2, 0.25) is 0 Å². The van der Waals surface area contributed by atoms with Gasteiger partial charge in [0.15, 0.2) is 11.6 Å². The van der Waals surface area contributed by atoms with Crippen molar-refractivity contribution in [3.63, 3.8) is 0 Å². The molecule has 1 heterocycles. The maximum absolute atomic E-state index is 13.6. The van der Waals surface area contributed by atoms with E-state index in [0.29, 0.717) is 5.56 Å². The molecule has 2 aromatic carbocycles. The van der Waals surface area contributed by atoms with Gasteiger partial charge in [-0.2, -0.15) is 0 Å². The number of carbonyl (C=O) groups excluding carboxylic acids is 2. The number of nitrogens with zero attached hydrogens (tertiary/aromatic N) is 1.